The van der Waals surface area contributed by atoms with Gasteiger partial charge in [0.25, 0.3) is 0 Å². The summed E-state index contributed by atoms with van der Waals surface area (Å²) in [5, 5.41) is 0. The Morgan fingerprint density at radius 3 is 2.42 bits per heavy atom. The minimum Gasteiger partial charge on any atom is -0.486 e. The number of halogens is 1. The standard InChI is InChI=1S/C15H12FO2.Mo/c1-11(13-7-5-12(10-17)6-8-13)18-15-4-2-3-14(16)9-15;/h2-9,11H,1H3;/q-1;. The van der Waals surface area contributed by atoms with E-state index >= 15 is 0 Å². The normalized spacial score (nSPS) is 11.3. The SMILES string of the molecule is CC(Oc1cccc(F)c1)c1ccc([C-]=O)cc1.[Mo]. The van der Waals surface area contributed by atoms with Gasteiger partial charge in [0.1, 0.15) is 17.7 Å². The molecule has 2 aromatic carbocycles. The fourth-order valence-corrected chi connectivity index (χ4v) is 1.63. The van der Waals surface area contributed by atoms with E-state index in [-0.39, 0.29) is 33.0 Å². The molecule has 0 saturated heterocycles. The molecule has 0 aromatic heterocycles. The van der Waals surface area contributed by atoms with Crippen molar-refractivity contribution in [2.24, 2.45) is 0 Å². The van der Waals surface area contributed by atoms with Crippen LogP contribution in [0, 0.1) is 5.82 Å². The predicted octanol–water partition coefficient (Wildman–Crippen LogP) is 3.42. The summed E-state index contributed by atoms with van der Waals surface area (Å²) < 4.78 is 18.6. The second-order valence-corrected chi connectivity index (χ2v) is 3.94. The molecule has 1 atom stereocenters. The topological polar surface area (TPSA) is 26.3 Å². The van der Waals surface area contributed by atoms with Crippen LogP contribution in [-0.2, 0) is 25.9 Å². The Balaban J connectivity index is 0.00000180. The monoisotopic (exact) mass is 341 g/mol. The number of rotatable bonds is 4. The second kappa shape index (κ2) is 7.20. The average Bonchev–Trinajstić information content (AvgIpc) is 2.39. The van der Waals surface area contributed by atoms with Gasteiger partial charge in [-0.15, -0.1) is 12.1 Å². The first-order chi connectivity index (χ1) is 8.69. The van der Waals surface area contributed by atoms with Crippen LogP contribution in [0.2, 0.25) is 0 Å². The van der Waals surface area contributed by atoms with E-state index in [0.29, 0.717) is 11.3 Å². The molecule has 1 unspecified atom stereocenters. The molecule has 0 fully saturated rings. The van der Waals surface area contributed by atoms with Crippen molar-refractivity contribution in [3.8, 4) is 5.75 Å². The molecule has 2 aromatic rings. The molecule has 0 N–H and O–H groups in total. The Hall–Kier alpha value is -1.47. The first-order valence-corrected chi connectivity index (χ1v) is 5.59. The first kappa shape index (κ1) is 15.6. The van der Waals surface area contributed by atoms with E-state index in [2.05, 4.69) is 0 Å². The molecule has 0 aliphatic carbocycles. The van der Waals surface area contributed by atoms with E-state index in [4.69, 9.17) is 4.74 Å². The molecule has 4 heteroatoms. The van der Waals surface area contributed by atoms with E-state index < -0.39 is 0 Å². The van der Waals surface area contributed by atoms with Crippen LogP contribution in [0.15, 0.2) is 48.5 Å². The number of hydrogen-bond acceptors (Lipinski definition) is 2. The van der Waals surface area contributed by atoms with Crippen molar-refractivity contribution in [3.63, 3.8) is 0 Å². The van der Waals surface area contributed by atoms with E-state index in [1.165, 1.54) is 12.1 Å². The maximum Gasteiger partial charge on any atom is 0.126 e. The predicted molar refractivity (Wildman–Crippen MR) is 66.7 cm³/mol. The molecule has 19 heavy (non-hydrogen) atoms. The van der Waals surface area contributed by atoms with E-state index in [0.717, 1.165) is 5.56 Å². The minimum absolute atomic E-state index is 0. The summed E-state index contributed by atoms with van der Waals surface area (Å²) in [5.74, 6) is 0.152. The molecule has 0 heterocycles. The largest absolute Gasteiger partial charge is 0.486 e. The van der Waals surface area contributed by atoms with Gasteiger partial charge in [-0.1, -0.05) is 6.07 Å². The Morgan fingerprint density at radius 1 is 1.16 bits per heavy atom. The van der Waals surface area contributed by atoms with Crippen molar-refractivity contribution < 1.29 is 35.0 Å². The van der Waals surface area contributed by atoms with Crippen molar-refractivity contribution in [1.29, 1.82) is 0 Å². The van der Waals surface area contributed by atoms with Crippen molar-refractivity contribution in [1.82, 2.24) is 0 Å². The van der Waals surface area contributed by atoms with E-state index in [9.17, 15) is 9.18 Å². The molecule has 0 amide bonds. The van der Waals surface area contributed by atoms with Gasteiger partial charge in [0.2, 0.25) is 0 Å². The van der Waals surface area contributed by atoms with Crippen molar-refractivity contribution in [2.75, 3.05) is 0 Å². The maximum absolute atomic E-state index is 13.0. The first-order valence-electron chi connectivity index (χ1n) is 5.59. The van der Waals surface area contributed by atoms with Crippen LogP contribution in [0.5, 0.6) is 5.75 Å². The van der Waals surface area contributed by atoms with Gasteiger partial charge in [-0.05, 0) is 24.6 Å². The fraction of sp³-hybridized carbons (Fsp3) is 0.133. The third-order valence-corrected chi connectivity index (χ3v) is 2.61. The Bertz CT molecular complexity index is 540. The maximum atomic E-state index is 13.0. The van der Waals surface area contributed by atoms with Crippen LogP contribution in [-0.4, -0.2) is 6.29 Å². The summed E-state index contributed by atoms with van der Waals surface area (Å²) in [6.07, 6.45) is 1.59. The van der Waals surface area contributed by atoms with Gasteiger partial charge >= 0.3 is 0 Å². The molecule has 0 aliphatic rings. The second-order valence-electron chi connectivity index (χ2n) is 3.94. The molecule has 0 spiro atoms. The Kier molecular flexibility index (Phi) is 5.91. The molecule has 2 rings (SSSR count). The summed E-state index contributed by atoms with van der Waals surface area (Å²) in [6, 6.07) is 12.9. The minimum atomic E-state index is -0.328. The molecule has 0 bridgehead atoms. The van der Waals surface area contributed by atoms with Gasteiger partial charge in [-0.3, -0.25) is 0 Å². The van der Waals surface area contributed by atoms with E-state index in [1.807, 2.05) is 13.2 Å². The van der Waals surface area contributed by atoms with Crippen LogP contribution in [0.1, 0.15) is 24.2 Å². The van der Waals surface area contributed by atoms with Crippen LogP contribution >= 0.6 is 0 Å². The van der Waals surface area contributed by atoms with Gasteiger partial charge in [0, 0.05) is 27.1 Å². The molecule has 2 nitrogen and oxygen atoms in total. The number of benzene rings is 2. The molecule has 98 valence electrons. The van der Waals surface area contributed by atoms with Crippen LogP contribution < -0.4 is 4.74 Å². The van der Waals surface area contributed by atoms with Gasteiger partial charge < -0.3 is 9.53 Å². The zero-order chi connectivity index (χ0) is 13.0. The van der Waals surface area contributed by atoms with Crippen molar-refractivity contribution in [3.05, 3.63) is 65.5 Å². The van der Waals surface area contributed by atoms with E-state index in [1.54, 1.807) is 36.4 Å². The molecule has 0 aliphatic heterocycles. The van der Waals surface area contributed by atoms with Gasteiger partial charge in [-0.25, -0.2) is 4.39 Å². The third-order valence-electron chi connectivity index (χ3n) is 2.61. The summed E-state index contributed by atoms with van der Waals surface area (Å²) >= 11 is 0. The smallest absolute Gasteiger partial charge is 0.126 e. The quantitative estimate of drug-likeness (QED) is 0.630. The van der Waals surface area contributed by atoms with Crippen LogP contribution in [0.25, 0.3) is 0 Å². The fourth-order valence-electron chi connectivity index (χ4n) is 1.63. The molecular formula is C15H12FMoO2-. The molecule has 0 saturated carbocycles. The summed E-state index contributed by atoms with van der Waals surface area (Å²) in [4.78, 5) is 10.4. The molecule has 0 radical (unpaired) electrons. The summed E-state index contributed by atoms with van der Waals surface area (Å²) in [7, 11) is 0. The van der Waals surface area contributed by atoms with Crippen LogP contribution in [0.3, 0.4) is 0 Å². The summed E-state index contributed by atoms with van der Waals surface area (Å²) in [5.41, 5.74) is 1.41. The number of carbonyl (C=O) groups excluding carboxylic acids is 1. The van der Waals surface area contributed by atoms with Crippen molar-refractivity contribution in [2.45, 2.75) is 13.0 Å². The van der Waals surface area contributed by atoms with Crippen molar-refractivity contribution >= 4 is 6.29 Å². The van der Waals surface area contributed by atoms with Gasteiger partial charge in [0.05, 0.1) is 6.29 Å². The average molecular weight is 339 g/mol. The number of hydrogen-bond donors (Lipinski definition) is 0. The zero-order valence-corrected chi connectivity index (χ0v) is 12.3. The Labute approximate surface area is 125 Å². The zero-order valence-electron chi connectivity index (χ0n) is 10.3. The third kappa shape index (κ3) is 4.29. The van der Waals surface area contributed by atoms with Crippen LogP contribution in [0.4, 0.5) is 4.39 Å². The van der Waals surface area contributed by atoms with Gasteiger partial charge in [-0.2, -0.15) is 17.7 Å². The van der Waals surface area contributed by atoms with Gasteiger partial charge in [0.15, 0.2) is 0 Å². The molecular weight excluding hydrogens is 327 g/mol. The summed E-state index contributed by atoms with van der Waals surface area (Å²) in [6.45, 7) is 1.87. The Morgan fingerprint density at radius 2 is 1.84 bits per heavy atom. The number of ether oxygens (including phenoxy) is 1.